The van der Waals surface area contributed by atoms with Gasteiger partial charge in [-0.05, 0) is 0 Å². The second kappa shape index (κ2) is 49.5. The highest BCUT2D eigenvalue weighted by molar-refractivity contribution is 7.46. The smallest absolute Gasteiger partial charge is 0.387 e. The van der Waals surface area contributed by atoms with Crippen molar-refractivity contribution in [3.05, 3.63) is 0 Å². The molecule has 16 atom stereocenters. The monoisotopic (exact) mass is 1460 g/mol. The average Bonchev–Trinajstić information content (AvgIpc) is 0.953. The number of phosphoric ester groups is 2. The summed E-state index contributed by atoms with van der Waals surface area (Å²) in [7, 11) is -10.6. The molecule has 0 aliphatic carbocycles. The summed E-state index contributed by atoms with van der Waals surface area (Å²) in [6, 6.07) is 0. The number of nitrogens with one attached hydrogen (secondary N) is 3. The second-order valence-electron chi connectivity index (χ2n) is 21.2. The highest BCUT2D eigenvalue weighted by atomic mass is 31.2. The predicted molar refractivity (Wildman–Crippen MR) is 311 cm³/mol. The highest BCUT2D eigenvalue weighted by Crippen LogP contribution is 2.38. The molecule has 95 heavy (non-hydrogen) atoms. The minimum Gasteiger partial charge on any atom is -0.387 e. The van der Waals surface area contributed by atoms with Crippen molar-refractivity contribution in [3.63, 3.8) is 0 Å². The summed E-state index contributed by atoms with van der Waals surface area (Å²) in [5.74, 6) is -0.981. The van der Waals surface area contributed by atoms with Crippen molar-refractivity contribution in [2.24, 2.45) is 5.41 Å². The third-order valence-electron chi connectivity index (χ3n) is 13.3. The van der Waals surface area contributed by atoms with Gasteiger partial charge >= 0.3 is 15.6 Å². The fraction of sp³-hybridized carbons (Fsp3) is 0.940. The molecule has 0 aromatic rings. The van der Waals surface area contributed by atoms with E-state index in [2.05, 4.69) is 34.7 Å². The molecule has 0 aromatic carbocycles. The van der Waals surface area contributed by atoms with E-state index in [9.17, 15) is 69.5 Å². The van der Waals surface area contributed by atoms with Crippen molar-refractivity contribution in [1.82, 2.24) is 16.0 Å². The van der Waals surface area contributed by atoms with Crippen LogP contribution in [-0.2, 0) is 118 Å². The van der Waals surface area contributed by atoms with Crippen LogP contribution >= 0.6 is 24.7 Å². The van der Waals surface area contributed by atoms with Crippen molar-refractivity contribution < 1.29 is 189 Å². The topological polar surface area (TPSA) is 589 Å². The van der Waals surface area contributed by atoms with Crippen LogP contribution in [-0.4, -0.2) is 359 Å². The number of rotatable bonds is 56. The molecule has 17 N–H and O–H groups in total. The van der Waals surface area contributed by atoms with E-state index in [0.29, 0.717) is 0 Å². The largest absolute Gasteiger partial charge is 0.469 e. The van der Waals surface area contributed by atoms with Gasteiger partial charge in [-0.3, -0.25) is 23.4 Å². The highest BCUT2D eigenvalue weighted by Gasteiger charge is 2.47. The normalized spacial score (nSPS) is 27.4. The van der Waals surface area contributed by atoms with Gasteiger partial charge in [-0.25, -0.2) is 14.4 Å². The number of hydrogen-bond donors (Lipinski definition) is 17. The van der Waals surface area contributed by atoms with Gasteiger partial charge in [-0.1, -0.05) is 12.0 Å². The molecular weight excluding hydrogens is 1360 g/mol. The maximum Gasteiger partial charge on any atom is 0.469 e. The van der Waals surface area contributed by atoms with Gasteiger partial charge < -0.3 is 157 Å². The second-order valence-corrected chi connectivity index (χ2v) is 24.3. The number of hydrogen-bond acceptors (Lipinski definition) is 35. The standard InChI is InChI=1S/C50H96N3O39P3/c1-50(29-79-8-2-35(54)51-5-11-73-14-17-76-20-23-82-47-44(63)41(60)38(57)32(88-47)26-85-93-92-91-66,30-80-9-3-36(55)52-6-12-74-15-18-77-21-24-83-48-45(64)42(61)39(58)33(89-48)27-86-94(67,68)69)31-81-10-4-37(56)53-7-13-75-16-19-78-22-25-84-49-46(65)43(62)40(59)34(90-49)28-87-95(70,71)72/h32-34,38-49,57-66,93H,2-31H2,1H3,(H,51,54)(H,52,55)(H,53,56)(H2,67,68,69)(H2,70,71,72). The molecule has 0 bridgehead atoms. The minimum atomic E-state index is -4.91. The van der Waals surface area contributed by atoms with Crippen LogP contribution in [0.5, 0.6) is 0 Å². The molecule has 0 radical (unpaired) electrons. The maximum atomic E-state index is 12.6. The van der Waals surface area contributed by atoms with Crippen molar-refractivity contribution in [1.29, 1.82) is 0 Å². The van der Waals surface area contributed by atoms with E-state index in [1.54, 1.807) is 6.92 Å². The van der Waals surface area contributed by atoms with Crippen molar-refractivity contribution >= 4 is 42.4 Å². The fourth-order valence-corrected chi connectivity index (χ4v) is 9.33. The molecule has 42 nitrogen and oxygen atoms in total. The maximum absolute atomic E-state index is 12.6. The third kappa shape index (κ3) is 38.5. The van der Waals surface area contributed by atoms with Gasteiger partial charge in [0.25, 0.3) is 0 Å². The Morgan fingerprint density at radius 1 is 0.400 bits per heavy atom. The van der Waals surface area contributed by atoms with E-state index in [4.69, 9.17) is 100 Å². The van der Waals surface area contributed by atoms with Gasteiger partial charge in [0.2, 0.25) is 17.7 Å². The Hall–Kier alpha value is -2.06. The van der Waals surface area contributed by atoms with Crippen LogP contribution in [0.4, 0.5) is 0 Å². The number of carbonyl (C=O) groups excluding carboxylic acids is 3. The lowest BCUT2D eigenvalue weighted by atomic mass is 9.94. The van der Waals surface area contributed by atoms with Crippen LogP contribution in [0.25, 0.3) is 0 Å². The van der Waals surface area contributed by atoms with E-state index < -0.39 is 135 Å². The van der Waals surface area contributed by atoms with Gasteiger partial charge in [0.05, 0.1) is 159 Å². The molecule has 16 unspecified atom stereocenters. The SMILES string of the molecule is CC(COCCC(=O)NCCOCCOCCOC1OC(COPOOO)C(O)C(O)C1O)(COCCC(=O)NCCOCCOCCOC1OC(COP(=O)(O)O)C(O)C(O)C1O)COCCC(=O)NCCOCCOCCOC1OC(COP(=O)(O)O)C(O)C(O)C1O. The molecule has 3 aliphatic heterocycles. The van der Waals surface area contributed by atoms with Crippen LogP contribution in [0.1, 0.15) is 26.2 Å². The van der Waals surface area contributed by atoms with Crippen molar-refractivity contribution in [2.45, 2.75) is 118 Å². The Kier molecular flexibility index (Phi) is 45.4. The predicted octanol–water partition coefficient (Wildman–Crippen LogP) is -7.70. The van der Waals surface area contributed by atoms with Crippen LogP contribution < -0.4 is 16.0 Å². The lowest BCUT2D eigenvalue weighted by Crippen LogP contribution is -2.59. The summed E-state index contributed by atoms with van der Waals surface area (Å²) in [4.78, 5) is 73.4. The first-order valence-electron chi connectivity index (χ1n) is 29.9. The van der Waals surface area contributed by atoms with Crippen molar-refractivity contribution in [2.75, 3.05) is 178 Å². The fourth-order valence-electron chi connectivity index (χ4n) is 8.34. The van der Waals surface area contributed by atoms with Crippen LogP contribution in [0.3, 0.4) is 0 Å². The molecule has 3 amide bonds. The number of aliphatic hydroxyl groups is 9. The Balaban J connectivity index is 1.30. The number of phosphoric acid groups is 2. The van der Waals surface area contributed by atoms with Gasteiger partial charge in [0.1, 0.15) is 73.2 Å². The van der Waals surface area contributed by atoms with E-state index in [-0.39, 0.29) is 202 Å². The summed E-state index contributed by atoms with van der Waals surface area (Å²) < 4.78 is 122. The quantitative estimate of drug-likeness (QED) is 0.0116. The molecular formula is C50H96N3O39P3. The van der Waals surface area contributed by atoms with Gasteiger partial charge in [0, 0.05) is 44.3 Å². The summed E-state index contributed by atoms with van der Waals surface area (Å²) >= 11 is 0. The molecule has 560 valence electrons. The Bertz CT molecular complexity index is 2040. The van der Waals surface area contributed by atoms with E-state index >= 15 is 0 Å². The van der Waals surface area contributed by atoms with Gasteiger partial charge in [0.15, 0.2) is 27.9 Å². The van der Waals surface area contributed by atoms with Crippen LogP contribution in [0.15, 0.2) is 0 Å². The first-order valence-corrected chi connectivity index (χ1v) is 33.8. The van der Waals surface area contributed by atoms with E-state index in [0.717, 1.165) is 0 Å². The summed E-state index contributed by atoms with van der Waals surface area (Å²) in [5.41, 5.74) is -0.809. The Morgan fingerprint density at radius 3 is 0.979 bits per heavy atom. The zero-order valence-electron chi connectivity index (χ0n) is 52.2. The molecule has 0 saturated carbocycles. The average molecular weight is 1460 g/mol. The first kappa shape index (κ1) is 87.2. The lowest BCUT2D eigenvalue weighted by Gasteiger charge is -2.40. The van der Waals surface area contributed by atoms with E-state index in [1.165, 1.54) is 0 Å². The zero-order valence-corrected chi connectivity index (χ0v) is 55.0. The van der Waals surface area contributed by atoms with Crippen LogP contribution in [0.2, 0.25) is 0 Å². The third-order valence-corrected chi connectivity index (χ3v) is 14.7. The molecule has 3 rings (SSSR count). The van der Waals surface area contributed by atoms with Gasteiger partial charge in [-0.15, -0.1) is 0 Å². The number of carbonyl (C=O) groups is 3. The lowest BCUT2D eigenvalue weighted by molar-refractivity contribution is -0.438. The number of aliphatic hydroxyl groups excluding tert-OH is 9. The molecule has 3 fully saturated rings. The molecule has 45 heteroatoms. The summed E-state index contributed by atoms with van der Waals surface area (Å²) in [6.07, 6.45) is -23.1. The molecule has 0 spiro atoms. The molecule has 3 saturated heterocycles. The summed E-state index contributed by atoms with van der Waals surface area (Å²) in [5, 5.41) is 111. The van der Waals surface area contributed by atoms with E-state index in [1.807, 2.05) is 0 Å². The number of ether oxygens (including phenoxy) is 15. The molecule has 3 aliphatic rings. The number of amides is 3. The minimum absolute atomic E-state index is 0.00364. The van der Waals surface area contributed by atoms with Crippen molar-refractivity contribution in [3.8, 4) is 0 Å². The molecule has 3 heterocycles. The zero-order chi connectivity index (χ0) is 70.1. The Labute approximate surface area is 547 Å². The summed E-state index contributed by atoms with van der Waals surface area (Å²) in [6.45, 7) is 1.63. The van der Waals surface area contributed by atoms with Crippen LogP contribution in [0, 0.1) is 5.41 Å². The van der Waals surface area contributed by atoms with Gasteiger partial charge in [-0.2, -0.15) is 4.67 Å². The Morgan fingerprint density at radius 2 is 0.684 bits per heavy atom. The molecule has 0 aromatic heterocycles. The first-order chi connectivity index (χ1) is 45.3.